The second-order valence-corrected chi connectivity index (χ2v) is 6.18. The molecule has 1 N–H and O–H groups in total. The van der Waals surface area contributed by atoms with E-state index in [0.717, 1.165) is 12.0 Å². The molecule has 1 fully saturated rings. The van der Waals surface area contributed by atoms with Crippen molar-refractivity contribution in [2.45, 2.75) is 25.8 Å². The van der Waals surface area contributed by atoms with Crippen molar-refractivity contribution in [3.05, 3.63) is 58.8 Å². The molecule has 6 heteroatoms. The van der Waals surface area contributed by atoms with Crippen molar-refractivity contribution in [3.8, 4) is 0 Å². The predicted octanol–water partition coefficient (Wildman–Crippen LogP) is 3.19. The summed E-state index contributed by atoms with van der Waals surface area (Å²) in [5.41, 5.74) is 1.08. The Bertz CT molecular complexity index is 781. The molecule has 0 unspecified atom stereocenters. The van der Waals surface area contributed by atoms with Crippen LogP contribution in [0.4, 0.5) is 4.39 Å². The highest BCUT2D eigenvalue weighted by Crippen LogP contribution is 2.48. The maximum atomic E-state index is 13.0. The first-order valence-electron chi connectivity index (χ1n) is 7.70. The summed E-state index contributed by atoms with van der Waals surface area (Å²) in [5.74, 6) is -0.579. The van der Waals surface area contributed by atoms with Crippen molar-refractivity contribution in [3.63, 3.8) is 0 Å². The van der Waals surface area contributed by atoms with Gasteiger partial charge in [0.25, 0.3) is 0 Å². The van der Waals surface area contributed by atoms with E-state index in [0.29, 0.717) is 11.5 Å². The number of carbonyl (C=O) groups excluding carboxylic acids is 1. The van der Waals surface area contributed by atoms with Crippen LogP contribution >= 0.6 is 0 Å². The van der Waals surface area contributed by atoms with Gasteiger partial charge in [0, 0.05) is 13.0 Å². The van der Waals surface area contributed by atoms with Crippen LogP contribution in [-0.2, 0) is 11.3 Å². The summed E-state index contributed by atoms with van der Waals surface area (Å²) in [6, 6.07) is 7.67. The van der Waals surface area contributed by atoms with Crippen molar-refractivity contribution < 1.29 is 23.5 Å². The number of hydrogen-bond donors (Lipinski definition) is 1. The van der Waals surface area contributed by atoms with E-state index < -0.39 is 5.97 Å². The Labute approximate surface area is 138 Å². The zero-order valence-corrected chi connectivity index (χ0v) is 13.5. The predicted molar refractivity (Wildman–Crippen MR) is 84.1 cm³/mol. The van der Waals surface area contributed by atoms with E-state index in [9.17, 15) is 14.0 Å². The molecule has 1 aliphatic rings. The van der Waals surface area contributed by atoms with Gasteiger partial charge in [-0.3, -0.25) is 4.79 Å². The number of aryl methyl sites for hydroxylation is 1. The Balaban J connectivity index is 1.63. The van der Waals surface area contributed by atoms with Crippen LogP contribution in [0.2, 0.25) is 0 Å². The molecule has 1 saturated carbocycles. The van der Waals surface area contributed by atoms with Gasteiger partial charge in [0.1, 0.15) is 22.9 Å². The first-order chi connectivity index (χ1) is 11.4. The van der Waals surface area contributed by atoms with Gasteiger partial charge >= 0.3 is 5.97 Å². The largest absolute Gasteiger partial charge is 0.478 e. The molecule has 1 amide bonds. The summed E-state index contributed by atoms with van der Waals surface area (Å²) in [4.78, 5) is 25.0. The van der Waals surface area contributed by atoms with Gasteiger partial charge in [0.2, 0.25) is 5.91 Å². The monoisotopic (exact) mass is 331 g/mol. The number of hydrogen-bond acceptors (Lipinski definition) is 3. The topological polar surface area (TPSA) is 70.8 Å². The van der Waals surface area contributed by atoms with Gasteiger partial charge in [-0.1, -0.05) is 12.1 Å². The fourth-order valence-electron chi connectivity index (χ4n) is 2.97. The van der Waals surface area contributed by atoms with Gasteiger partial charge < -0.3 is 14.4 Å². The standard InChI is InChI=1S/C18H18FNO4/c1-10-14(18(22)23)7-13(24-10)9-20(2)17(21)16-8-15(16)11-3-5-12(19)6-4-11/h3-7,15-16H,8-9H2,1-2H3,(H,22,23)/t15-,16+/m0/s1. The number of carboxylic acid groups (broad SMARTS) is 1. The molecule has 1 aromatic carbocycles. The van der Waals surface area contributed by atoms with Crippen molar-refractivity contribution in [2.24, 2.45) is 5.92 Å². The fourth-order valence-corrected chi connectivity index (χ4v) is 2.97. The Morgan fingerprint density at radius 1 is 1.33 bits per heavy atom. The van der Waals surface area contributed by atoms with E-state index in [1.807, 2.05) is 0 Å². The highest BCUT2D eigenvalue weighted by molar-refractivity contribution is 5.89. The molecular formula is C18H18FNO4. The highest BCUT2D eigenvalue weighted by Gasteiger charge is 2.45. The quantitative estimate of drug-likeness (QED) is 0.913. The van der Waals surface area contributed by atoms with Gasteiger partial charge in [0.15, 0.2) is 0 Å². The van der Waals surface area contributed by atoms with Gasteiger partial charge in [-0.25, -0.2) is 9.18 Å². The lowest BCUT2D eigenvalue weighted by molar-refractivity contribution is -0.132. The molecule has 24 heavy (non-hydrogen) atoms. The molecule has 1 aromatic heterocycles. The van der Waals surface area contributed by atoms with Gasteiger partial charge in [0.05, 0.1) is 6.54 Å². The lowest BCUT2D eigenvalue weighted by Gasteiger charge is -2.15. The molecule has 1 heterocycles. The molecule has 2 atom stereocenters. The van der Waals surface area contributed by atoms with Crippen molar-refractivity contribution >= 4 is 11.9 Å². The summed E-state index contributed by atoms with van der Waals surface area (Å²) in [6.07, 6.45) is 0.742. The number of rotatable bonds is 5. The van der Waals surface area contributed by atoms with Gasteiger partial charge in [-0.15, -0.1) is 0 Å². The minimum atomic E-state index is -1.05. The second kappa shape index (κ2) is 6.11. The summed E-state index contributed by atoms with van der Waals surface area (Å²) in [6.45, 7) is 1.81. The van der Waals surface area contributed by atoms with Gasteiger partial charge in [-0.05, 0) is 43.0 Å². The summed E-state index contributed by atoms with van der Waals surface area (Å²) < 4.78 is 18.4. The molecule has 2 aromatic rings. The van der Waals surface area contributed by atoms with Crippen molar-refractivity contribution in [1.29, 1.82) is 0 Å². The van der Waals surface area contributed by atoms with Crippen LogP contribution in [0.1, 0.15) is 39.8 Å². The van der Waals surface area contributed by atoms with Crippen LogP contribution < -0.4 is 0 Å². The maximum Gasteiger partial charge on any atom is 0.339 e. The van der Waals surface area contributed by atoms with E-state index >= 15 is 0 Å². The van der Waals surface area contributed by atoms with E-state index in [2.05, 4.69) is 0 Å². The van der Waals surface area contributed by atoms with Crippen LogP contribution in [0.3, 0.4) is 0 Å². The Hall–Kier alpha value is -2.63. The number of halogens is 1. The number of carbonyl (C=O) groups is 2. The Kier molecular flexibility index (Phi) is 4.13. The minimum absolute atomic E-state index is 0.0183. The SMILES string of the molecule is Cc1oc(CN(C)C(=O)[C@@H]2C[C@H]2c2ccc(F)cc2)cc1C(=O)O. The summed E-state index contributed by atoms with van der Waals surface area (Å²) >= 11 is 0. The van der Waals surface area contributed by atoms with Crippen LogP contribution in [0.5, 0.6) is 0 Å². The second-order valence-electron chi connectivity index (χ2n) is 6.18. The van der Waals surface area contributed by atoms with Crippen LogP contribution in [0.25, 0.3) is 0 Å². The van der Waals surface area contributed by atoms with E-state index in [1.54, 1.807) is 26.1 Å². The number of nitrogens with zero attached hydrogens (tertiary/aromatic N) is 1. The molecule has 1 aliphatic carbocycles. The lowest BCUT2D eigenvalue weighted by Crippen LogP contribution is -2.27. The lowest BCUT2D eigenvalue weighted by atomic mass is 10.1. The van der Waals surface area contributed by atoms with E-state index in [4.69, 9.17) is 9.52 Å². The van der Waals surface area contributed by atoms with Crippen LogP contribution in [0, 0.1) is 18.7 Å². The Morgan fingerprint density at radius 3 is 2.58 bits per heavy atom. The van der Waals surface area contributed by atoms with E-state index in [-0.39, 0.29) is 35.7 Å². The Morgan fingerprint density at radius 2 is 2.00 bits per heavy atom. The molecule has 5 nitrogen and oxygen atoms in total. The smallest absolute Gasteiger partial charge is 0.339 e. The normalized spacial score (nSPS) is 19.1. The minimum Gasteiger partial charge on any atom is -0.478 e. The zero-order chi connectivity index (χ0) is 17.4. The number of benzene rings is 1. The first-order valence-corrected chi connectivity index (χ1v) is 7.70. The van der Waals surface area contributed by atoms with Gasteiger partial charge in [-0.2, -0.15) is 0 Å². The van der Waals surface area contributed by atoms with Crippen molar-refractivity contribution in [2.75, 3.05) is 7.05 Å². The maximum absolute atomic E-state index is 13.0. The third-order valence-corrected chi connectivity index (χ3v) is 4.37. The zero-order valence-electron chi connectivity index (χ0n) is 13.5. The molecule has 126 valence electrons. The number of amides is 1. The number of furan rings is 1. The summed E-state index contributed by atoms with van der Waals surface area (Å²) in [7, 11) is 1.67. The molecule has 0 aliphatic heterocycles. The van der Waals surface area contributed by atoms with Crippen LogP contribution in [-0.4, -0.2) is 28.9 Å². The molecule has 3 rings (SSSR count). The van der Waals surface area contributed by atoms with Crippen molar-refractivity contribution in [1.82, 2.24) is 4.90 Å². The fraction of sp³-hybridized carbons (Fsp3) is 0.333. The van der Waals surface area contributed by atoms with E-state index in [1.165, 1.54) is 23.1 Å². The average Bonchev–Trinajstić information content (AvgIpc) is 3.24. The highest BCUT2D eigenvalue weighted by atomic mass is 19.1. The first kappa shape index (κ1) is 16.2. The number of carboxylic acids is 1. The summed E-state index contributed by atoms with van der Waals surface area (Å²) in [5, 5.41) is 9.03. The average molecular weight is 331 g/mol. The molecular weight excluding hydrogens is 313 g/mol. The van der Waals surface area contributed by atoms with Crippen LogP contribution in [0.15, 0.2) is 34.7 Å². The molecule has 0 radical (unpaired) electrons. The molecule has 0 bridgehead atoms. The molecule has 0 saturated heterocycles. The molecule has 0 spiro atoms. The third-order valence-electron chi connectivity index (χ3n) is 4.37. The third kappa shape index (κ3) is 3.18. The number of aromatic carboxylic acids is 1.